The van der Waals surface area contributed by atoms with E-state index < -0.39 is 0 Å². The molecule has 2 heterocycles. The fourth-order valence-corrected chi connectivity index (χ4v) is 4.39. The van der Waals surface area contributed by atoms with E-state index in [2.05, 4.69) is 4.98 Å². The first-order valence-electron chi connectivity index (χ1n) is 10.2. The number of rotatable bonds is 8. The number of para-hydroxylation sites is 1. The monoisotopic (exact) mass is 403 g/mol. The van der Waals surface area contributed by atoms with Crippen LogP contribution in [0.25, 0.3) is 10.9 Å². The minimum Gasteiger partial charge on any atom is -0.382 e. The van der Waals surface area contributed by atoms with Gasteiger partial charge in [0, 0.05) is 32.8 Å². The van der Waals surface area contributed by atoms with Crippen LogP contribution < -0.4 is 5.56 Å². The van der Waals surface area contributed by atoms with E-state index in [-0.39, 0.29) is 11.5 Å². The smallest absolute Gasteiger partial charge is 0.262 e. The predicted octanol–water partition coefficient (Wildman–Crippen LogP) is 3.32. The number of ether oxygens (including phenoxy) is 1. The van der Waals surface area contributed by atoms with Gasteiger partial charge in [0.15, 0.2) is 5.16 Å². The van der Waals surface area contributed by atoms with Crippen molar-refractivity contribution in [3.8, 4) is 0 Å². The lowest BCUT2D eigenvalue weighted by Gasteiger charge is -2.20. The highest BCUT2D eigenvalue weighted by Crippen LogP contribution is 2.20. The van der Waals surface area contributed by atoms with Crippen molar-refractivity contribution < 1.29 is 9.53 Å². The average Bonchev–Trinajstić information content (AvgIpc) is 3.00. The van der Waals surface area contributed by atoms with Crippen LogP contribution in [0, 0.1) is 0 Å². The molecule has 152 valence electrons. The van der Waals surface area contributed by atoms with E-state index in [0.717, 1.165) is 32.4 Å². The van der Waals surface area contributed by atoms with Crippen molar-refractivity contribution in [1.29, 1.82) is 0 Å². The Morgan fingerprint density at radius 1 is 1.18 bits per heavy atom. The fourth-order valence-electron chi connectivity index (χ4n) is 3.46. The first-order valence-corrected chi connectivity index (χ1v) is 11.2. The summed E-state index contributed by atoms with van der Waals surface area (Å²) in [4.78, 5) is 32.3. The number of benzene rings is 1. The molecule has 1 saturated heterocycles. The van der Waals surface area contributed by atoms with E-state index in [9.17, 15) is 9.59 Å². The summed E-state index contributed by atoms with van der Waals surface area (Å²) in [5.74, 6) is 0.450. The molecule has 1 aliphatic rings. The van der Waals surface area contributed by atoms with Crippen molar-refractivity contribution in [3.63, 3.8) is 0 Å². The van der Waals surface area contributed by atoms with Crippen molar-refractivity contribution in [2.45, 2.75) is 50.7 Å². The molecule has 0 spiro atoms. The second-order valence-corrected chi connectivity index (χ2v) is 7.94. The molecule has 0 radical (unpaired) electrons. The summed E-state index contributed by atoms with van der Waals surface area (Å²) in [6.45, 7) is 5.44. The molecule has 3 rings (SSSR count). The van der Waals surface area contributed by atoms with Crippen molar-refractivity contribution in [3.05, 3.63) is 34.6 Å². The Bertz CT molecular complexity index is 844. The first-order chi connectivity index (χ1) is 13.7. The number of amides is 1. The van der Waals surface area contributed by atoms with Gasteiger partial charge in [-0.1, -0.05) is 36.7 Å². The lowest BCUT2D eigenvalue weighted by atomic mass is 10.2. The molecule has 1 aliphatic heterocycles. The number of carbonyl (C=O) groups is 1. The lowest BCUT2D eigenvalue weighted by molar-refractivity contribution is -0.128. The van der Waals surface area contributed by atoms with Crippen LogP contribution in [-0.4, -0.2) is 52.4 Å². The number of carbonyl (C=O) groups excluding carboxylic acids is 1. The molecule has 2 aromatic rings. The Labute approximate surface area is 170 Å². The fraction of sp³-hybridized carbons (Fsp3) is 0.571. The molecule has 0 atom stereocenters. The molecule has 1 amide bonds. The summed E-state index contributed by atoms with van der Waals surface area (Å²) in [6.07, 6.45) is 5.28. The highest BCUT2D eigenvalue weighted by molar-refractivity contribution is 7.99. The lowest BCUT2D eigenvalue weighted by Crippen LogP contribution is -2.33. The number of fused-ring (bicyclic) bond motifs is 1. The van der Waals surface area contributed by atoms with Crippen molar-refractivity contribution in [2.75, 3.05) is 32.1 Å². The molecule has 0 bridgehead atoms. The summed E-state index contributed by atoms with van der Waals surface area (Å²) < 4.78 is 7.10. The van der Waals surface area contributed by atoms with E-state index in [1.54, 1.807) is 10.6 Å². The van der Waals surface area contributed by atoms with Gasteiger partial charge in [-0.15, -0.1) is 0 Å². The van der Waals surface area contributed by atoms with Gasteiger partial charge in [-0.05, 0) is 38.3 Å². The second-order valence-electron chi connectivity index (χ2n) is 7.00. The molecule has 0 unspecified atom stereocenters. The standard InChI is InChI=1S/C21H29N3O3S/c1-2-27-15-9-14-24-20(26)17-10-5-6-11-18(17)22-21(24)28-16-19(25)23-12-7-3-4-8-13-23/h5-6,10-11H,2-4,7-9,12-16H2,1H3. The van der Waals surface area contributed by atoms with E-state index in [0.29, 0.717) is 41.6 Å². The number of likely N-dealkylation sites (tertiary alicyclic amines) is 1. The number of aromatic nitrogens is 2. The maximum atomic E-state index is 13.0. The van der Waals surface area contributed by atoms with Gasteiger partial charge in [0.05, 0.1) is 16.7 Å². The second kappa shape index (κ2) is 10.6. The number of nitrogens with zero attached hydrogens (tertiary/aromatic N) is 3. The number of hydrogen-bond donors (Lipinski definition) is 0. The Balaban J connectivity index is 1.77. The van der Waals surface area contributed by atoms with Crippen molar-refractivity contribution >= 4 is 28.6 Å². The zero-order valence-corrected chi connectivity index (χ0v) is 17.4. The largest absolute Gasteiger partial charge is 0.382 e. The Morgan fingerprint density at radius 3 is 2.68 bits per heavy atom. The summed E-state index contributed by atoms with van der Waals surface area (Å²) >= 11 is 1.37. The molecule has 1 aromatic heterocycles. The SMILES string of the molecule is CCOCCCn1c(SCC(=O)N2CCCCCC2)nc2ccccc2c1=O. The summed E-state index contributed by atoms with van der Waals surface area (Å²) in [7, 11) is 0. The molecule has 0 aliphatic carbocycles. The quantitative estimate of drug-likeness (QED) is 0.384. The van der Waals surface area contributed by atoms with E-state index in [4.69, 9.17) is 4.74 Å². The number of thioether (sulfide) groups is 1. The maximum Gasteiger partial charge on any atom is 0.262 e. The van der Waals surface area contributed by atoms with Gasteiger partial charge in [0.25, 0.3) is 5.56 Å². The van der Waals surface area contributed by atoms with Gasteiger partial charge >= 0.3 is 0 Å². The summed E-state index contributed by atoms with van der Waals surface area (Å²) in [5, 5.41) is 1.23. The van der Waals surface area contributed by atoms with Crippen LogP contribution in [0.4, 0.5) is 0 Å². The van der Waals surface area contributed by atoms with E-state index >= 15 is 0 Å². The molecule has 28 heavy (non-hydrogen) atoms. The zero-order valence-electron chi connectivity index (χ0n) is 16.6. The normalized spacial score (nSPS) is 15.0. The summed E-state index contributed by atoms with van der Waals surface area (Å²) in [5.41, 5.74) is 0.630. The molecule has 0 N–H and O–H groups in total. The minimum atomic E-state index is -0.0492. The van der Waals surface area contributed by atoms with Crippen molar-refractivity contribution in [1.82, 2.24) is 14.5 Å². The van der Waals surface area contributed by atoms with Crippen LogP contribution in [0.15, 0.2) is 34.2 Å². The van der Waals surface area contributed by atoms with Gasteiger partial charge in [-0.3, -0.25) is 14.2 Å². The highest BCUT2D eigenvalue weighted by atomic mass is 32.2. The predicted molar refractivity (Wildman–Crippen MR) is 113 cm³/mol. The van der Waals surface area contributed by atoms with Gasteiger partial charge in [0.2, 0.25) is 5.91 Å². The third-order valence-corrected chi connectivity index (χ3v) is 5.95. The van der Waals surface area contributed by atoms with E-state index in [1.807, 2.05) is 30.0 Å². The van der Waals surface area contributed by atoms with Crippen molar-refractivity contribution in [2.24, 2.45) is 0 Å². The molecule has 7 heteroatoms. The van der Waals surface area contributed by atoms with Gasteiger partial charge in [0.1, 0.15) is 0 Å². The molecular weight excluding hydrogens is 374 g/mol. The van der Waals surface area contributed by atoms with E-state index in [1.165, 1.54) is 24.6 Å². The molecule has 1 fully saturated rings. The topological polar surface area (TPSA) is 64.4 Å². The third-order valence-electron chi connectivity index (χ3n) is 4.98. The van der Waals surface area contributed by atoms with Crippen LogP contribution in [0.1, 0.15) is 39.0 Å². The molecule has 6 nitrogen and oxygen atoms in total. The Morgan fingerprint density at radius 2 is 1.93 bits per heavy atom. The number of hydrogen-bond acceptors (Lipinski definition) is 5. The first kappa shape index (κ1) is 20.9. The van der Waals surface area contributed by atoms with Gasteiger partial charge in [-0.25, -0.2) is 4.98 Å². The van der Waals surface area contributed by atoms with Crippen LogP contribution in [0.3, 0.4) is 0 Å². The molecule has 0 saturated carbocycles. The van der Waals surface area contributed by atoms with Gasteiger partial charge < -0.3 is 9.64 Å². The average molecular weight is 404 g/mol. The van der Waals surface area contributed by atoms with Crippen LogP contribution in [-0.2, 0) is 16.1 Å². The third kappa shape index (κ3) is 5.35. The van der Waals surface area contributed by atoms with Crippen LogP contribution >= 0.6 is 11.8 Å². The van der Waals surface area contributed by atoms with Gasteiger partial charge in [-0.2, -0.15) is 0 Å². The Hall–Kier alpha value is -1.86. The summed E-state index contributed by atoms with van der Waals surface area (Å²) in [6, 6.07) is 7.39. The van der Waals surface area contributed by atoms with Crippen LogP contribution in [0.5, 0.6) is 0 Å². The molecular formula is C21H29N3O3S. The Kier molecular flexibility index (Phi) is 7.91. The zero-order chi connectivity index (χ0) is 19.8. The minimum absolute atomic E-state index is 0.0492. The highest BCUT2D eigenvalue weighted by Gasteiger charge is 2.18. The molecule has 1 aromatic carbocycles. The maximum absolute atomic E-state index is 13.0. The van der Waals surface area contributed by atoms with Crippen LogP contribution in [0.2, 0.25) is 0 Å².